The van der Waals surface area contributed by atoms with Gasteiger partial charge in [-0.3, -0.25) is 4.40 Å². The van der Waals surface area contributed by atoms with E-state index in [1.807, 2.05) is 47.9 Å². The number of nitriles is 2. The van der Waals surface area contributed by atoms with E-state index in [0.29, 0.717) is 28.3 Å². The highest BCUT2D eigenvalue weighted by Crippen LogP contribution is 2.35. The molecule has 0 saturated heterocycles. The van der Waals surface area contributed by atoms with Gasteiger partial charge in [0, 0.05) is 23.5 Å². The lowest BCUT2D eigenvalue weighted by Gasteiger charge is -2.15. The van der Waals surface area contributed by atoms with Crippen molar-refractivity contribution in [1.29, 1.82) is 10.5 Å². The van der Waals surface area contributed by atoms with Crippen molar-refractivity contribution in [2.75, 3.05) is 7.11 Å². The predicted molar refractivity (Wildman–Crippen MR) is 105 cm³/mol. The molecule has 2 aromatic heterocycles. The third-order valence-corrected chi connectivity index (χ3v) is 4.62. The van der Waals surface area contributed by atoms with Gasteiger partial charge in [-0.15, -0.1) is 0 Å². The molecule has 0 aliphatic carbocycles. The lowest BCUT2D eigenvalue weighted by atomic mass is 9.99. The van der Waals surface area contributed by atoms with Crippen molar-refractivity contribution in [2.24, 2.45) is 0 Å². The van der Waals surface area contributed by atoms with Crippen LogP contribution in [0.4, 0.5) is 0 Å². The number of hydrogen-bond donors (Lipinski definition) is 0. The van der Waals surface area contributed by atoms with Crippen molar-refractivity contribution in [1.82, 2.24) is 14.4 Å². The summed E-state index contributed by atoms with van der Waals surface area (Å²) in [7, 11) is 1.55. The molecule has 0 aliphatic heterocycles. The molecule has 28 heavy (non-hydrogen) atoms. The van der Waals surface area contributed by atoms with Gasteiger partial charge in [-0.2, -0.15) is 10.5 Å². The molecule has 6 nitrogen and oxygen atoms in total. The van der Waals surface area contributed by atoms with Crippen LogP contribution in [0.1, 0.15) is 16.7 Å². The summed E-state index contributed by atoms with van der Waals surface area (Å²) in [6.45, 7) is 1.91. The SMILES string of the molecule is COc1nc(-c2ccc(C#N)cc2)c(-c2ccc(C)c(C#N)c2)n2ccnc12. The maximum absolute atomic E-state index is 9.45. The van der Waals surface area contributed by atoms with Crippen molar-refractivity contribution < 1.29 is 4.74 Å². The average Bonchev–Trinajstić information content (AvgIpc) is 3.23. The Morgan fingerprint density at radius 3 is 2.43 bits per heavy atom. The minimum Gasteiger partial charge on any atom is -0.478 e. The van der Waals surface area contributed by atoms with Crippen LogP contribution in [-0.2, 0) is 0 Å². The Morgan fingerprint density at radius 2 is 1.75 bits per heavy atom. The molecule has 0 fully saturated rings. The van der Waals surface area contributed by atoms with E-state index in [2.05, 4.69) is 17.1 Å². The number of fused-ring (bicyclic) bond motifs is 1. The molecule has 2 heterocycles. The first-order valence-electron chi connectivity index (χ1n) is 8.59. The van der Waals surface area contributed by atoms with Crippen LogP contribution in [0.25, 0.3) is 28.2 Å². The van der Waals surface area contributed by atoms with Crippen LogP contribution in [0, 0.1) is 29.6 Å². The minimum atomic E-state index is 0.403. The maximum Gasteiger partial charge on any atom is 0.258 e. The molecule has 0 atom stereocenters. The molecule has 0 radical (unpaired) electrons. The van der Waals surface area contributed by atoms with Gasteiger partial charge in [-0.25, -0.2) is 9.97 Å². The summed E-state index contributed by atoms with van der Waals surface area (Å²) in [5.74, 6) is 0.403. The van der Waals surface area contributed by atoms with Crippen LogP contribution in [0.5, 0.6) is 5.88 Å². The predicted octanol–water partition coefficient (Wildman–Crippen LogP) is 4.12. The Hall–Kier alpha value is -4.16. The van der Waals surface area contributed by atoms with Gasteiger partial charge in [-0.1, -0.05) is 24.3 Å². The maximum atomic E-state index is 9.45. The van der Waals surface area contributed by atoms with Crippen LogP contribution in [-0.4, -0.2) is 21.5 Å². The summed E-state index contributed by atoms with van der Waals surface area (Å²) in [5.41, 5.74) is 5.84. The van der Waals surface area contributed by atoms with Crippen LogP contribution in [0.3, 0.4) is 0 Å². The summed E-state index contributed by atoms with van der Waals surface area (Å²) in [4.78, 5) is 9.07. The molecule has 2 aromatic carbocycles. The highest BCUT2D eigenvalue weighted by Gasteiger charge is 2.19. The first kappa shape index (κ1) is 17.3. The second kappa shape index (κ2) is 6.86. The number of aromatic nitrogens is 3. The summed E-state index contributed by atoms with van der Waals surface area (Å²) in [6, 6.07) is 17.3. The summed E-state index contributed by atoms with van der Waals surface area (Å²) in [5, 5.41) is 18.5. The quantitative estimate of drug-likeness (QED) is 0.545. The number of benzene rings is 2. The van der Waals surface area contributed by atoms with Crippen molar-refractivity contribution in [3.05, 3.63) is 71.5 Å². The van der Waals surface area contributed by atoms with Crippen LogP contribution < -0.4 is 4.74 Å². The fraction of sp³-hybridized carbons (Fsp3) is 0.0909. The summed E-state index contributed by atoms with van der Waals surface area (Å²) >= 11 is 0. The average molecular weight is 365 g/mol. The summed E-state index contributed by atoms with van der Waals surface area (Å²) < 4.78 is 7.36. The van der Waals surface area contributed by atoms with E-state index in [4.69, 9.17) is 15.0 Å². The molecule has 0 unspecified atom stereocenters. The van der Waals surface area contributed by atoms with Crippen molar-refractivity contribution >= 4 is 5.65 Å². The molecular formula is C22H15N5O. The fourth-order valence-corrected chi connectivity index (χ4v) is 3.17. The number of nitrogens with zero attached hydrogens (tertiary/aromatic N) is 5. The van der Waals surface area contributed by atoms with Gasteiger partial charge in [0.15, 0.2) is 0 Å². The monoisotopic (exact) mass is 365 g/mol. The van der Waals surface area contributed by atoms with Crippen LogP contribution in [0.2, 0.25) is 0 Å². The smallest absolute Gasteiger partial charge is 0.258 e. The number of ether oxygens (including phenoxy) is 1. The van der Waals surface area contributed by atoms with Gasteiger partial charge in [0.05, 0.1) is 41.8 Å². The molecule has 0 N–H and O–H groups in total. The normalized spacial score (nSPS) is 10.4. The molecule has 0 aliphatic rings. The number of methoxy groups -OCH3 is 1. The minimum absolute atomic E-state index is 0.403. The lowest BCUT2D eigenvalue weighted by Crippen LogP contribution is -2.02. The van der Waals surface area contributed by atoms with E-state index >= 15 is 0 Å². The molecule has 0 saturated carbocycles. The van der Waals surface area contributed by atoms with Gasteiger partial charge in [0.1, 0.15) is 0 Å². The van der Waals surface area contributed by atoms with E-state index < -0.39 is 0 Å². The molecule has 4 rings (SSSR count). The summed E-state index contributed by atoms with van der Waals surface area (Å²) in [6.07, 6.45) is 3.53. The van der Waals surface area contributed by atoms with Gasteiger partial charge < -0.3 is 4.74 Å². The molecular weight excluding hydrogens is 350 g/mol. The largest absolute Gasteiger partial charge is 0.478 e. The second-order valence-corrected chi connectivity index (χ2v) is 6.27. The third kappa shape index (κ3) is 2.74. The van der Waals surface area contributed by atoms with Crippen molar-refractivity contribution in [3.63, 3.8) is 0 Å². The molecule has 4 aromatic rings. The van der Waals surface area contributed by atoms with E-state index in [1.165, 1.54) is 0 Å². The van der Waals surface area contributed by atoms with E-state index in [9.17, 15) is 5.26 Å². The second-order valence-electron chi connectivity index (χ2n) is 6.27. The standard InChI is InChI=1S/C22H15N5O/c1-14-3-6-17(11-18(14)13-24)20-19(16-7-4-15(12-23)5-8-16)26-22(28-2)21-25-9-10-27(20)21/h3-11H,1-2H3. The van der Waals surface area contributed by atoms with Gasteiger partial charge >= 0.3 is 0 Å². The number of rotatable bonds is 3. The van der Waals surface area contributed by atoms with E-state index in [0.717, 1.165) is 22.4 Å². The van der Waals surface area contributed by atoms with Gasteiger partial charge in [0.25, 0.3) is 5.88 Å². The van der Waals surface area contributed by atoms with Crippen LogP contribution in [0.15, 0.2) is 54.9 Å². The first-order chi connectivity index (χ1) is 13.7. The lowest BCUT2D eigenvalue weighted by molar-refractivity contribution is 0.401. The van der Waals surface area contributed by atoms with Gasteiger partial charge in [-0.05, 0) is 30.7 Å². The van der Waals surface area contributed by atoms with Crippen molar-refractivity contribution in [2.45, 2.75) is 6.92 Å². The van der Waals surface area contributed by atoms with Crippen molar-refractivity contribution in [3.8, 4) is 40.5 Å². The van der Waals surface area contributed by atoms with E-state index in [-0.39, 0.29) is 0 Å². The Balaban J connectivity index is 2.07. The first-order valence-corrected chi connectivity index (χ1v) is 8.59. The van der Waals surface area contributed by atoms with E-state index in [1.54, 1.807) is 25.4 Å². The Bertz CT molecular complexity index is 1270. The Kier molecular flexibility index (Phi) is 4.23. The highest BCUT2D eigenvalue weighted by atomic mass is 16.5. The molecule has 0 spiro atoms. The number of imidazole rings is 1. The zero-order chi connectivity index (χ0) is 19.7. The van der Waals surface area contributed by atoms with Gasteiger partial charge in [0.2, 0.25) is 5.65 Å². The molecule has 134 valence electrons. The fourth-order valence-electron chi connectivity index (χ4n) is 3.17. The molecule has 0 amide bonds. The molecule has 6 heteroatoms. The molecule has 0 bridgehead atoms. The Morgan fingerprint density at radius 1 is 1.00 bits per heavy atom. The number of aryl methyl sites for hydroxylation is 1. The topological polar surface area (TPSA) is 87.0 Å². The Labute approximate surface area is 161 Å². The zero-order valence-electron chi connectivity index (χ0n) is 15.3. The highest BCUT2D eigenvalue weighted by molar-refractivity contribution is 5.82. The number of hydrogen-bond acceptors (Lipinski definition) is 5. The zero-order valence-corrected chi connectivity index (χ0v) is 15.3. The van der Waals surface area contributed by atoms with Crippen LogP contribution >= 0.6 is 0 Å². The third-order valence-electron chi connectivity index (χ3n) is 4.62.